The zero-order valence-corrected chi connectivity index (χ0v) is 8.90. The number of hydrogen-bond donors (Lipinski definition) is 2. The van der Waals surface area contributed by atoms with Crippen LogP contribution in [0.4, 0.5) is 11.4 Å². The molecule has 0 radical (unpaired) electrons. The van der Waals surface area contributed by atoms with Crippen LogP contribution in [0.5, 0.6) is 5.75 Å². The summed E-state index contributed by atoms with van der Waals surface area (Å²) in [5.74, 6) is -0.511. The summed E-state index contributed by atoms with van der Waals surface area (Å²) in [5.41, 5.74) is -0.319. The first-order chi connectivity index (χ1) is 7.54. The number of nitro groups is 1. The van der Waals surface area contributed by atoms with Crippen LogP contribution >= 0.6 is 11.6 Å². The molecule has 1 rings (SSSR count). The van der Waals surface area contributed by atoms with Gasteiger partial charge in [0.1, 0.15) is 11.4 Å². The number of carbonyl (C=O) groups excluding carboxylic acids is 1. The smallest absolute Gasteiger partial charge is 0.296 e. The second kappa shape index (κ2) is 5.32. The van der Waals surface area contributed by atoms with Crippen molar-refractivity contribution in [3.05, 3.63) is 28.3 Å². The summed E-state index contributed by atoms with van der Waals surface area (Å²) in [6.45, 7) is 0. The quantitative estimate of drug-likeness (QED) is 0.366. The maximum absolute atomic E-state index is 11.2. The second-order valence-corrected chi connectivity index (χ2v) is 3.32. The van der Waals surface area contributed by atoms with E-state index in [2.05, 4.69) is 5.32 Å². The summed E-state index contributed by atoms with van der Waals surface area (Å²) in [6, 6.07) is 3.49. The minimum atomic E-state index is -0.684. The third-order valence-electron chi connectivity index (χ3n) is 1.77. The molecule has 0 aliphatic carbocycles. The molecule has 86 valence electrons. The second-order valence-electron chi connectivity index (χ2n) is 2.95. The number of anilines is 1. The van der Waals surface area contributed by atoms with Crippen LogP contribution in [-0.2, 0) is 4.79 Å². The van der Waals surface area contributed by atoms with Crippen LogP contribution in [0.25, 0.3) is 0 Å². The topological polar surface area (TPSA) is 92.5 Å². The van der Waals surface area contributed by atoms with E-state index in [-0.39, 0.29) is 29.4 Å². The zero-order chi connectivity index (χ0) is 12.1. The molecule has 6 nitrogen and oxygen atoms in total. The van der Waals surface area contributed by atoms with Crippen molar-refractivity contribution >= 4 is 28.9 Å². The lowest BCUT2D eigenvalue weighted by atomic mass is 10.2. The first kappa shape index (κ1) is 12.3. The Labute approximate surface area is 96.0 Å². The van der Waals surface area contributed by atoms with Crippen LogP contribution in [0.1, 0.15) is 6.42 Å². The fourth-order valence-corrected chi connectivity index (χ4v) is 1.25. The first-order valence-corrected chi connectivity index (χ1v) is 4.91. The van der Waals surface area contributed by atoms with Gasteiger partial charge < -0.3 is 10.4 Å². The van der Waals surface area contributed by atoms with Gasteiger partial charge in [-0.05, 0) is 12.1 Å². The van der Waals surface area contributed by atoms with E-state index in [4.69, 9.17) is 16.7 Å². The lowest BCUT2D eigenvalue weighted by molar-refractivity contribution is -0.384. The van der Waals surface area contributed by atoms with Gasteiger partial charge in [0, 0.05) is 12.3 Å². The fraction of sp³-hybridized carbons (Fsp3) is 0.222. The average molecular weight is 245 g/mol. The van der Waals surface area contributed by atoms with Gasteiger partial charge >= 0.3 is 0 Å². The van der Waals surface area contributed by atoms with Gasteiger partial charge in [-0.25, -0.2) is 0 Å². The van der Waals surface area contributed by atoms with Crippen molar-refractivity contribution in [2.24, 2.45) is 0 Å². The van der Waals surface area contributed by atoms with E-state index in [1.54, 1.807) is 0 Å². The van der Waals surface area contributed by atoms with Crippen LogP contribution in [0.15, 0.2) is 18.2 Å². The summed E-state index contributed by atoms with van der Waals surface area (Å²) >= 11 is 5.36. The van der Waals surface area contributed by atoms with Crippen molar-refractivity contribution in [2.45, 2.75) is 6.42 Å². The zero-order valence-electron chi connectivity index (χ0n) is 8.14. The van der Waals surface area contributed by atoms with E-state index in [0.29, 0.717) is 0 Å². The highest BCUT2D eigenvalue weighted by Crippen LogP contribution is 2.28. The number of hydrogen-bond acceptors (Lipinski definition) is 4. The van der Waals surface area contributed by atoms with Crippen LogP contribution < -0.4 is 5.32 Å². The molecular weight excluding hydrogens is 236 g/mol. The number of nitrogens with zero attached hydrogens (tertiary/aromatic N) is 1. The van der Waals surface area contributed by atoms with Crippen LogP contribution in [-0.4, -0.2) is 21.8 Å². The molecule has 1 amide bonds. The number of carbonyl (C=O) groups is 1. The van der Waals surface area contributed by atoms with E-state index in [0.717, 1.165) is 6.07 Å². The molecule has 0 atom stereocenters. The van der Waals surface area contributed by atoms with Crippen molar-refractivity contribution in [1.29, 1.82) is 0 Å². The lowest BCUT2D eigenvalue weighted by Crippen LogP contribution is -2.12. The molecule has 2 N–H and O–H groups in total. The van der Waals surface area contributed by atoms with E-state index < -0.39 is 10.8 Å². The van der Waals surface area contributed by atoms with Gasteiger partial charge in [-0.1, -0.05) is 0 Å². The average Bonchev–Trinajstić information content (AvgIpc) is 2.20. The monoisotopic (exact) mass is 244 g/mol. The van der Waals surface area contributed by atoms with Crippen molar-refractivity contribution in [3.8, 4) is 5.75 Å². The molecular formula is C9H9ClN2O4. The Hall–Kier alpha value is -1.82. The molecule has 0 aromatic heterocycles. The largest absolute Gasteiger partial charge is 0.508 e. The summed E-state index contributed by atoms with van der Waals surface area (Å²) < 4.78 is 0. The number of nitro benzene ring substituents is 1. The van der Waals surface area contributed by atoms with E-state index in [1.165, 1.54) is 12.1 Å². The molecule has 16 heavy (non-hydrogen) atoms. The van der Waals surface area contributed by atoms with Crippen LogP contribution in [0.3, 0.4) is 0 Å². The number of phenolic OH excluding ortho intramolecular Hbond substituents is 1. The Morgan fingerprint density at radius 3 is 2.81 bits per heavy atom. The molecule has 0 saturated carbocycles. The number of halogens is 1. The van der Waals surface area contributed by atoms with E-state index in [1.807, 2.05) is 0 Å². The maximum Gasteiger partial charge on any atom is 0.296 e. The molecule has 7 heteroatoms. The van der Waals surface area contributed by atoms with Gasteiger partial charge in [-0.15, -0.1) is 11.6 Å². The van der Waals surface area contributed by atoms with E-state index in [9.17, 15) is 14.9 Å². The van der Waals surface area contributed by atoms with Crippen molar-refractivity contribution in [2.75, 3.05) is 11.2 Å². The number of aromatic hydroxyl groups is 1. The molecule has 0 spiro atoms. The van der Waals surface area contributed by atoms with Gasteiger partial charge in [-0.3, -0.25) is 14.9 Å². The molecule has 0 saturated heterocycles. The van der Waals surface area contributed by atoms with E-state index >= 15 is 0 Å². The summed E-state index contributed by atoms with van der Waals surface area (Å²) in [7, 11) is 0. The summed E-state index contributed by atoms with van der Waals surface area (Å²) in [5, 5.41) is 22.1. The van der Waals surface area contributed by atoms with Gasteiger partial charge in [0.05, 0.1) is 11.0 Å². The summed E-state index contributed by atoms with van der Waals surface area (Å²) in [4.78, 5) is 21.1. The highest BCUT2D eigenvalue weighted by Gasteiger charge is 2.16. The standard InChI is InChI=1S/C9H9ClN2O4/c10-4-3-9(14)11-7-2-1-6(13)5-8(7)12(15)16/h1-2,5,13H,3-4H2,(H,11,14). The predicted octanol–water partition coefficient (Wildman–Crippen LogP) is 1.87. The van der Waals surface area contributed by atoms with Gasteiger partial charge in [-0.2, -0.15) is 0 Å². The highest BCUT2D eigenvalue weighted by atomic mass is 35.5. The molecule has 0 unspecified atom stereocenters. The number of rotatable bonds is 4. The van der Waals surface area contributed by atoms with Crippen LogP contribution in [0, 0.1) is 10.1 Å². The Kier molecular flexibility index (Phi) is 4.07. The van der Waals surface area contributed by atoms with Crippen molar-refractivity contribution < 1.29 is 14.8 Å². The minimum absolute atomic E-state index is 0.0397. The molecule has 0 heterocycles. The Balaban J connectivity index is 2.95. The normalized spacial score (nSPS) is 9.81. The number of phenols is 1. The molecule has 0 aliphatic rings. The first-order valence-electron chi connectivity index (χ1n) is 4.38. The third-order valence-corrected chi connectivity index (χ3v) is 1.96. The van der Waals surface area contributed by atoms with Crippen molar-refractivity contribution in [1.82, 2.24) is 0 Å². The third kappa shape index (κ3) is 3.09. The Bertz CT molecular complexity index is 422. The molecule has 0 aliphatic heterocycles. The predicted molar refractivity (Wildman–Crippen MR) is 58.7 cm³/mol. The van der Waals surface area contributed by atoms with Crippen molar-refractivity contribution in [3.63, 3.8) is 0 Å². The summed E-state index contributed by atoms with van der Waals surface area (Å²) in [6.07, 6.45) is 0.0690. The number of benzene rings is 1. The number of amides is 1. The van der Waals surface area contributed by atoms with Gasteiger partial charge in [0.15, 0.2) is 0 Å². The minimum Gasteiger partial charge on any atom is -0.508 e. The highest BCUT2D eigenvalue weighted by molar-refractivity contribution is 6.19. The SMILES string of the molecule is O=C(CCCl)Nc1ccc(O)cc1[N+](=O)[O-]. The molecule has 0 bridgehead atoms. The Morgan fingerprint density at radius 1 is 1.56 bits per heavy atom. The number of nitrogens with one attached hydrogen (secondary N) is 1. The molecule has 1 aromatic rings. The molecule has 1 aromatic carbocycles. The number of alkyl halides is 1. The maximum atomic E-state index is 11.2. The lowest BCUT2D eigenvalue weighted by Gasteiger charge is -2.04. The Morgan fingerprint density at radius 2 is 2.25 bits per heavy atom. The van der Waals surface area contributed by atoms with Crippen LogP contribution in [0.2, 0.25) is 0 Å². The van der Waals surface area contributed by atoms with Gasteiger partial charge in [0.25, 0.3) is 5.69 Å². The van der Waals surface area contributed by atoms with Gasteiger partial charge in [0.2, 0.25) is 5.91 Å². The molecule has 0 fully saturated rings. The fourth-order valence-electron chi connectivity index (χ4n) is 1.08.